The highest BCUT2D eigenvalue weighted by molar-refractivity contribution is 7.15. The molecule has 0 bridgehead atoms. The number of benzene rings is 1. The molecule has 1 fully saturated rings. The zero-order chi connectivity index (χ0) is 18.4. The van der Waals surface area contributed by atoms with Gasteiger partial charge in [-0.1, -0.05) is 41.7 Å². The van der Waals surface area contributed by atoms with E-state index in [9.17, 15) is 4.79 Å². The Hall–Kier alpha value is -1.99. The van der Waals surface area contributed by atoms with E-state index >= 15 is 0 Å². The van der Waals surface area contributed by atoms with E-state index in [1.807, 2.05) is 19.0 Å². The first kappa shape index (κ1) is 18.8. The average Bonchev–Trinajstić information content (AvgIpc) is 2.93. The van der Waals surface area contributed by atoms with Gasteiger partial charge in [-0.3, -0.25) is 5.32 Å². The van der Waals surface area contributed by atoms with Crippen LogP contribution in [0, 0.1) is 0 Å². The smallest absolute Gasteiger partial charge is 0.323 e. The minimum Gasteiger partial charge on any atom is -0.324 e. The number of carbonyl (C=O) groups is 1. The van der Waals surface area contributed by atoms with Gasteiger partial charge in [0, 0.05) is 26.1 Å². The number of likely N-dealkylation sites (N-methyl/N-ethyl adjacent to an activating group) is 1. The number of aromatic nitrogens is 2. The Morgan fingerprint density at radius 2 is 2.04 bits per heavy atom. The summed E-state index contributed by atoms with van der Waals surface area (Å²) >= 11 is 1.46. The molecule has 1 atom stereocenters. The van der Waals surface area contributed by atoms with E-state index in [-0.39, 0.29) is 6.03 Å². The lowest BCUT2D eigenvalue weighted by Crippen LogP contribution is -2.35. The summed E-state index contributed by atoms with van der Waals surface area (Å²) < 4.78 is 0. The van der Waals surface area contributed by atoms with Gasteiger partial charge >= 0.3 is 6.03 Å². The molecule has 0 saturated carbocycles. The molecule has 1 N–H and O–H groups in total. The van der Waals surface area contributed by atoms with Crippen LogP contribution in [0.15, 0.2) is 30.3 Å². The predicted octanol–water partition coefficient (Wildman–Crippen LogP) is 3.44. The topological polar surface area (TPSA) is 61.4 Å². The maximum atomic E-state index is 12.6. The van der Waals surface area contributed by atoms with Gasteiger partial charge in [0.2, 0.25) is 5.13 Å². The molecule has 0 spiro atoms. The lowest BCUT2D eigenvalue weighted by Gasteiger charge is -2.20. The Labute approximate surface area is 159 Å². The molecule has 2 amide bonds. The number of anilines is 1. The molecule has 1 aliphatic heterocycles. The van der Waals surface area contributed by atoms with Gasteiger partial charge in [0.15, 0.2) is 0 Å². The van der Waals surface area contributed by atoms with Gasteiger partial charge < -0.3 is 9.80 Å². The van der Waals surface area contributed by atoms with Crippen LogP contribution in [0.4, 0.5) is 9.93 Å². The van der Waals surface area contributed by atoms with Crippen LogP contribution in [-0.4, -0.2) is 59.8 Å². The van der Waals surface area contributed by atoms with Crippen LogP contribution in [-0.2, 0) is 6.42 Å². The number of carbonyl (C=O) groups excluding carboxylic acids is 1. The predicted molar refractivity (Wildman–Crippen MR) is 106 cm³/mol. The standard InChI is InChI=1S/C19H27N5OS/c1-23(2)13-11-17-21-22-18(26-17)20-19(25)24-12-6-9-16(10-14-24)15-7-4-3-5-8-15/h3-5,7-8,16H,6,9-14H2,1-2H3,(H,20,22,25). The van der Waals surface area contributed by atoms with Crippen LogP contribution < -0.4 is 5.32 Å². The van der Waals surface area contributed by atoms with Crippen LogP contribution in [0.1, 0.15) is 35.8 Å². The Morgan fingerprint density at radius 1 is 1.23 bits per heavy atom. The van der Waals surface area contributed by atoms with Crippen LogP contribution in [0.3, 0.4) is 0 Å². The third-order valence-corrected chi connectivity index (χ3v) is 5.64. The number of hydrogen-bond donors (Lipinski definition) is 1. The van der Waals surface area contributed by atoms with Gasteiger partial charge in [-0.2, -0.15) is 0 Å². The number of urea groups is 1. The first-order valence-electron chi connectivity index (χ1n) is 9.20. The van der Waals surface area contributed by atoms with Gasteiger partial charge in [0.05, 0.1) is 0 Å². The molecule has 6 nitrogen and oxygen atoms in total. The highest BCUT2D eigenvalue weighted by atomic mass is 32.1. The van der Waals surface area contributed by atoms with E-state index in [2.05, 4.69) is 50.7 Å². The van der Waals surface area contributed by atoms with Crippen LogP contribution in [0.2, 0.25) is 0 Å². The van der Waals surface area contributed by atoms with Crippen molar-refractivity contribution in [1.29, 1.82) is 0 Å². The van der Waals surface area contributed by atoms with Crippen molar-refractivity contribution in [2.45, 2.75) is 31.6 Å². The van der Waals surface area contributed by atoms with Crippen molar-refractivity contribution < 1.29 is 4.79 Å². The summed E-state index contributed by atoms with van der Waals surface area (Å²) in [7, 11) is 4.07. The molecule has 140 valence electrons. The monoisotopic (exact) mass is 373 g/mol. The molecular weight excluding hydrogens is 346 g/mol. The second-order valence-corrected chi connectivity index (χ2v) is 8.07. The Bertz CT molecular complexity index is 703. The van der Waals surface area contributed by atoms with Gasteiger partial charge in [0.1, 0.15) is 5.01 Å². The molecule has 2 aromatic rings. The van der Waals surface area contributed by atoms with E-state index in [0.29, 0.717) is 11.0 Å². The Morgan fingerprint density at radius 3 is 2.81 bits per heavy atom. The van der Waals surface area contributed by atoms with Crippen molar-refractivity contribution in [2.24, 2.45) is 0 Å². The SMILES string of the molecule is CN(C)CCc1nnc(NC(=O)N2CCCC(c3ccccc3)CC2)s1. The molecule has 26 heavy (non-hydrogen) atoms. The number of likely N-dealkylation sites (tertiary alicyclic amines) is 1. The third kappa shape index (κ3) is 5.25. The fraction of sp³-hybridized carbons (Fsp3) is 0.526. The van der Waals surface area contributed by atoms with Gasteiger partial charge in [-0.25, -0.2) is 4.79 Å². The molecular formula is C19H27N5OS. The van der Waals surface area contributed by atoms with Gasteiger partial charge in [-0.05, 0) is 44.8 Å². The van der Waals surface area contributed by atoms with Gasteiger partial charge in [0.25, 0.3) is 0 Å². The molecule has 2 heterocycles. The van der Waals surface area contributed by atoms with E-state index in [1.54, 1.807) is 0 Å². The highest BCUT2D eigenvalue weighted by Crippen LogP contribution is 2.28. The summed E-state index contributed by atoms with van der Waals surface area (Å²) in [5, 5.41) is 12.7. The van der Waals surface area contributed by atoms with E-state index < -0.39 is 0 Å². The first-order chi connectivity index (χ1) is 12.6. The van der Waals surface area contributed by atoms with Crippen molar-refractivity contribution in [3.05, 3.63) is 40.9 Å². The maximum Gasteiger partial charge on any atom is 0.323 e. The molecule has 1 saturated heterocycles. The summed E-state index contributed by atoms with van der Waals surface area (Å²) in [6.45, 7) is 2.49. The first-order valence-corrected chi connectivity index (χ1v) is 10.0. The summed E-state index contributed by atoms with van der Waals surface area (Å²) in [6.07, 6.45) is 4.00. The molecule has 0 radical (unpaired) electrons. The normalized spacial score (nSPS) is 18.0. The van der Waals surface area contributed by atoms with E-state index in [0.717, 1.165) is 50.3 Å². The van der Waals surface area contributed by atoms with Crippen molar-refractivity contribution in [3.8, 4) is 0 Å². The zero-order valence-electron chi connectivity index (χ0n) is 15.5. The minimum atomic E-state index is -0.0611. The molecule has 3 rings (SSSR count). The second-order valence-electron chi connectivity index (χ2n) is 7.01. The summed E-state index contributed by atoms with van der Waals surface area (Å²) in [5.41, 5.74) is 1.38. The Balaban J connectivity index is 1.52. The lowest BCUT2D eigenvalue weighted by atomic mass is 9.92. The molecule has 1 aliphatic rings. The van der Waals surface area contributed by atoms with E-state index in [4.69, 9.17) is 0 Å². The maximum absolute atomic E-state index is 12.6. The summed E-state index contributed by atoms with van der Waals surface area (Å²) in [6, 6.07) is 10.6. The fourth-order valence-electron chi connectivity index (χ4n) is 3.25. The van der Waals surface area contributed by atoms with E-state index in [1.165, 1.54) is 16.9 Å². The molecule has 1 aromatic carbocycles. The molecule has 1 unspecified atom stereocenters. The molecule has 0 aliphatic carbocycles. The van der Waals surface area contributed by atoms with Crippen LogP contribution in [0.5, 0.6) is 0 Å². The number of nitrogens with zero attached hydrogens (tertiary/aromatic N) is 4. The number of nitrogens with one attached hydrogen (secondary N) is 1. The molecule has 7 heteroatoms. The average molecular weight is 374 g/mol. The minimum absolute atomic E-state index is 0.0611. The highest BCUT2D eigenvalue weighted by Gasteiger charge is 2.22. The number of hydrogen-bond acceptors (Lipinski definition) is 5. The summed E-state index contributed by atoms with van der Waals surface area (Å²) in [4.78, 5) is 16.6. The quantitative estimate of drug-likeness (QED) is 0.872. The lowest BCUT2D eigenvalue weighted by molar-refractivity contribution is 0.213. The number of rotatable bonds is 5. The third-order valence-electron chi connectivity index (χ3n) is 4.74. The van der Waals surface area contributed by atoms with Gasteiger partial charge in [-0.15, -0.1) is 10.2 Å². The number of amides is 2. The zero-order valence-corrected chi connectivity index (χ0v) is 16.3. The van der Waals surface area contributed by atoms with Crippen molar-refractivity contribution in [3.63, 3.8) is 0 Å². The second kappa shape index (κ2) is 9.09. The molecule has 1 aromatic heterocycles. The fourth-order valence-corrected chi connectivity index (χ4v) is 3.97. The van der Waals surface area contributed by atoms with Crippen molar-refractivity contribution in [1.82, 2.24) is 20.0 Å². The van der Waals surface area contributed by atoms with Crippen LogP contribution >= 0.6 is 11.3 Å². The summed E-state index contributed by atoms with van der Waals surface area (Å²) in [5.74, 6) is 0.535. The largest absolute Gasteiger partial charge is 0.324 e. The van der Waals surface area contributed by atoms with Crippen LogP contribution in [0.25, 0.3) is 0 Å². The van der Waals surface area contributed by atoms with Crippen molar-refractivity contribution >= 4 is 22.5 Å². The van der Waals surface area contributed by atoms with Crippen molar-refractivity contribution in [2.75, 3.05) is 39.0 Å². The Kier molecular flexibility index (Phi) is 6.57.